The Morgan fingerprint density at radius 3 is 2.40 bits per heavy atom. The van der Waals surface area contributed by atoms with Crippen molar-refractivity contribution < 1.29 is 19.4 Å². The van der Waals surface area contributed by atoms with Crippen molar-refractivity contribution in [2.45, 2.75) is 64.6 Å². The summed E-state index contributed by atoms with van der Waals surface area (Å²) in [5.41, 5.74) is 4.54. The molecule has 228 valence electrons. The second-order valence-corrected chi connectivity index (χ2v) is 12.4. The minimum atomic E-state index is -0.345. The minimum absolute atomic E-state index is 0.00698. The maximum absolute atomic E-state index is 13.8. The van der Waals surface area contributed by atoms with Crippen LogP contribution in [0.4, 0.5) is 5.69 Å². The van der Waals surface area contributed by atoms with E-state index in [-0.39, 0.29) is 42.4 Å². The number of para-hydroxylation sites is 1. The Morgan fingerprint density at radius 1 is 1.00 bits per heavy atom. The molecule has 0 aromatic heterocycles. The van der Waals surface area contributed by atoms with Crippen LogP contribution in [-0.4, -0.2) is 65.6 Å². The monoisotopic (exact) mass is 583 g/mol. The second kappa shape index (κ2) is 14.2. The Kier molecular flexibility index (Phi) is 10.2. The number of carbonyl (C=O) groups is 2. The third kappa shape index (κ3) is 7.46. The molecule has 0 spiro atoms. The molecule has 1 fully saturated rings. The summed E-state index contributed by atoms with van der Waals surface area (Å²) in [4.78, 5) is 31.0. The fourth-order valence-corrected chi connectivity index (χ4v) is 6.28. The summed E-state index contributed by atoms with van der Waals surface area (Å²) in [5, 5.41) is 13.1. The highest BCUT2D eigenvalue weighted by Gasteiger charge is 2.35. The molecular formula is C36H45N3O4. The van der Waals surface area contributed by atoms with E-state index in [1.807, 2.05) is 31.2 Å². The average molecular weight is 584 g/mol. The predicted molar refractivity (Wildman–Crippen MR) is 171 cm³/mol. The summed E-state index contributed by atoms with van der Waals surface area (Å²) < 4.78 is 6.72. The van der Waals surface area contributed by atoms with Gasteiger partial charge in [-0.1, -0.05) is 86.8 Å². The number of anilines is 1. The molecule has 3 aromatic rings. The second-order valence-electron chi connectivity index (χ2n) is 12.4. The molecule has 7 nitrogen and oxygen atoms in total. The van der Waals surface area contributed by atoms with E-state index in [2.05, 4.69) is 60.6 Å². The number of benzene rings is 3. The zero-order valence-corrected chi connectivity index (χ0v) is 25.7. The van der Waals surface area contributed by atoms with Gasteiger partial charge < -0.3 is 20.1 Å². The predicted octanol–water partition coefficient (Wildman–Crippen LogP) is 6.22. The molecule has 1 saturated carbocycles. The van der Waals surface area contributed by atoms with Gasteiger partial charge in [0.05, 0.1) is 23.9 Å². The van der Waals surface area contributed by atoms with E-state index in [1.165, 1.54) is 23.1 Å². The minimum Gasteiger partial charge on any atom is -0.486 e. The lowest BCUT2D eigenvalue weighted by molar-refractivity contribution is -0.120. The van der Waals surface area contributed by atoms with Crippen LogP contribution in [0.1, 0.15) is 61.9 Å². The normalized spacial score (nSPS) is 20.1. The summed E-state index contributed by atoms with van der Waals surface area (Å²) in [6.45, 7) is 5.65. The van der Waals surface area contributed by atoms with Gasteiger partial charge in [-0.15, -0.1) is 0 Å². The molecule has 3 atom stereocenters. The first-order valence-electron chi connectivity index (χ1n) is 15.7. The first-order valence-corrected chi connectivity index (χ1v) is 15.7. The number of ether oxygens (including phenoxy) is 1. The van der Waals surface area contributed by atoms with Crippen LogP contribution in [-0.2, 0) is 11.3 Å². The molecule has 2 amide bonds. The van der Waals surface area contributed by atoms with Gasteiger partial charge in [-0.2, -0.15) is 0 Å². The van der Waals surface area contributed by atoms with Crippen molar-refractivity contribution >= 4 is 17.5 Å². The number of hydrogen-bond acceptors (Lipinski definition) is 5. The van der Waals surface area contributed by atoms with Crippen molar-refractivity contribution in [1.82, 2.24) is 9.80 Å². The van der Waals surface area contributed by atoms with Gasteiger partial charge in [0.15, 0.2) is 5.75 Å². The maximum Gasteiger partial charge on any atom is 0.258 e. The molecule has 0 saturated heterocycles. The standard InChI is InChI=1S/C36H45N3O4/c1-25-21-39(26(2)24-40)36(42)31-15-10-16-32(37-35(41)30-13-8-5-9-14-30)34(31)43-33(25)23-38(3)22-27-17-19-29(20-18-27)28-11-6-4-7-12-28/h4,6-7,10-12,15-20,25-26,30,33,40H,5,8-9,13-14,21-24H2,1-3H3,(H,37,41)/t25-,26-,33-/m1/s1. The lowest BCUT2D eigenvalue weighted by atomic mass is 9.88. The van der Waals surface area contributed by atoms with E-state index in [0.717, 1.165) is 32.2 Å². The van der Waals surface area contributed by atoms with Crippen LogP contribution < -0.4 is 10.1 Å². The number of carbonyl (C=O) groups excluding carboxylic acids is 2. The van der Waals surface area contributed by atoms with Gasteiger partial charge >= 0.3 is 0 Å². The summed E-state index contributed by atoms with van der Waals surface area (Å²) in [5.74, 6) is 0.184. The summed E-state index contributed by atoms with van der Waals surface area (Å²) in [6, 6.07) is 24.0. The Balaban J connectivity index is 1.37. The molecule has 0 radical (unpaired) electrons. The highest BCUT2D eigenvalue weighted by Crippen LogP contribution is 2.36. The lowest BCUT2D eigenvalue weighted by Gasteiger charge is -2.38. The summed E-state index contributed by atoms with van der Waals surface area (Å²) in [6.07, 6.45) is 4.83. The molecule has 0 unspecified atom stereocenters. The van der Waals surface area contributed by atoms with Crippen molar-refractivity contribution in [3.63, 3.8) is 0 Å². The zero-order valence-electron chi connectivity index (χ0n) is 25.7. The van der Waals surface area contributed by atoms with Crippen LogP contribution in [0.5, 0.6) is 5.75 Å². The van der Waals surface area contributed by atoms with E-state index < -0.39 is 0 Å². The maximum atomic E-state index is 13.8. The first kappa shape index (κ1) is 30.8. The van der Waals surface area contributed by atoms with E-state index >= 15 is 0 Å². The third-order valence-corrected chi connectivity index (χ3v) is 8.93. The van der Waals surface area contributed by atoms with Crippen molar-refractivity contribution in [3.8, 4) is 16.9 Å². The smallest absolute Gasteiger partial charge is 0.258 e. The molecule has 7 heteroatoms. The van der Waals surface area contributed by atoms with Gasteiger partial charge in [0, 0.05) is 31.5 Å². The fourth-order valence-electron chi connectivity index (χ4n) is 6.28. The molecule has 1 heterocycles. The SMILES string of the molecule is C[C@@H]1CN([C@H](C)CO)C(=O)c2cccc(NC(=O)C3CCCCC3)c2O[C@@H]1CN(C)Cc1ccc(-c2ccccc2)cc1. The number of aliphatic hydroxyl groups is 1. The van der Waals surface area contributed by atoms with Crippen molar-refractivity contribution in [2.24, 2.45) is 11.8 Å². The third-order valence-electron chi connectivity index (χ3n) is 8.93. The van der Waals surface area contributed by atoms with Gasteiger partial charge in [-0.25, -0.2) is 0 Å². The molecule has 1 aliphatic heterocycles. The number of likely N-dealkylation sites (N-methyl/N-ethyl adjacent to an activating group) is 1. The van der Waals surface area contributed by atoms with E-state index in [4.69, 9.17) is 4.74 Å². The molecule has 2 N–H and O–H groups in total. The Morgan fingerprint density at radius 2 is 1.70 bits per heavy atom. The van der Waals surface area contributed by atoms with Crippen LogP contribution in [0.3, 0.4) is 0 Å². The number of rotatable bonds is 9. The van der Waals surface area contributed by atoms with E-state index in [9.17, 15) is 14.7 Å². The zero-order chi connectivity index (χ0) is 30.3. The first-order chi connectivity index (χ1) is 20.8. The van der Waals surface area contributed by atoms with E-state index in [0.29, 0.717) is 30.1 Å². The molecule has 43 heavy (non-hydrogen) atoms. The van der Waals surface area contributed by atoms with Gasteiger partial charge in [-0.05, 0) is 55.6 Å². The van der Waals surface area contributed by atoms with Crippen LogP contribution in [0.2, 0.25) is 0 Å². The number of hydrogen-bond donors (Lipinski definition) is 2. The Hall–Kier alpha value is -3.68. The number of aliphatic hydroxyl groups excluding tert-OH is 1. The quantitative estimate of drug-likeness (QED) is 0.312. The molecule has 1 aliphatic carbocycles. The number of amides is 2. The lowest BCUT2D eigenvalue weighted by Crippen LogP contribution is -2.49. The summed E-state index contributed by atoms with van der Waals surface area (Å²) >= 11 is 0. The average Bonchev–Trinajstić information content (AvgIpc) is 3.03. The largest absolute Gasteiger partial charge is 0.486 e. The Labute approximate surface area is 255 Å². The molecule has 0 bridgehead atoms. The molecule has 3 aromatic carbocycles. The highest BCUT2D eigenvalue weighted by molar-refractivity contribution is 6.02. The van der Waals surface area contributed by atoms with Gasteiger partial charge in [-0.3, -0.25) is 14.5 Å². The summed E-state index contributed by atoms with van der Waals surface area (Å²) in [7, 11) is 2.08. The van der Waals surface area contributed by atoms with Crippen LogP contribution in [0.15, 0.2) is 72.8 Å². The number of nitrogens with one attached hydrogen (secondary N) is 1. The van der Waals surface area contributed by atoms with E-state index in [1.54, 1.807) is 17.0 Å². The van der Waals surface area contributed by atoms with Gasteiger partial charge in [0.1, 0.15) is 6.10 Å². The topological polar surface area (TPSA) is 82.1 Å². The van der Waals surface area contributed by atoms with Gasteiger partial charge in [0.25, 0.3) is 5.91 Å². The molecular weight excluding hydrogens is 538 g/mol. The van der Waals surface area contributed by atoms with Crippen LogP contribution in [0, 0.1) is 11.8 Å². The molecule has 2 aliphatic rings. The van der Waals surface area contributed by atoms with Gasteiger partial charge in [0.2, 0.25) is 5.91 Å². The highest BCUT2D eigenvalue weighted by atomic mass is 16.5. The van der Waals surface area contributed by atoms with Crippen LogP contribution >= 0.6 is 0 Å². The van der Waals surface area contributed by atoms with Crippen molar-refractivity contribution in [1.29, 1.82) is 0 Å². The van der Waals surface area contributed by atoms with Crippen molar-refractivity contribution in [3.05, 3.63) is 83.9 Å². The van der Waals surface area contributed by atoms with Crippen molar-refractivity contribution in [2.75, 3.05) is 32.1 Å². The Bertz CT molecular complexity index is 1370. The number of fused-ring (bicyclic) bond motifs is 1. The van der Waals surface area contributed by atoms with Crippen LogP contribution in [0.25, 0.3) is 11.1 Å². The fraction of sp³-hybridized carbons (Fsp3) is 0.444. The molecule has 5 rings (SSSR count). The number of nitrogens with zero attached hydrogens (tertiary/aromatic N) is 2.